The molecule has 2 N–H and O–H groups in total. The molecular weight excluding hydrogens is 516 g/mol. The summed E-state index contributed by atoms with van der Waals surface area (Å²) in [6.45, 7) is 4.66. The number of benzene rings is 2. The van der Waals surface area contributed by atoms with Crippen molar-refractivity contribution in [3.63, 3.8) is 0 Å². The molecule has 1 aliphatic carbocycles. The summed E-state index contributed by atoms with van der Waals surface area (Å²) < 4.78 is 27.5. The zero-order valence-electron chi connectivity index (χ0n) is 22.8. The first-order chi connectivity index (χ1) is 19.4. The highest BCUT2D eigenvalue weighted by Crippen LogP contribution is 2.32. The predicted octanol–water partition coefficient (Wildman–Crippen LogP) is 3.88. The molecule has 214 valence electrons. The van der Waals surface area contributed by atoms with Crippen LogP contribution >= 0.6 is 0 Å². The minimum Gasteiger partial charge on any atom is -0.368 e. The Morgan fingerprint density at radius 2 is 1.40 bits per heavy atom. The Hall–Kier alpha value is -3.53. The number of amides is 3. The van der Waals surface area contributed by atoms with Gasteiger partial charge in [0.25, 0.3) is 11.8 Å². The number of hydrogen-bond acceptors (Lipinski definition) is 5. The van der Waals surface area contributed by atoms with Crippen LogP contribution in [0.2, 0.25) is 0 Å². The second-order valence-electron chi connectivity index (χ2n) is 10.9. The summed E-state index contributed by atoms with van der Waals surface area (Å²) in [6, 6.07) is 8.33. The summed E-state index contributed by atoms with van der Waals surface area (Å²) in [7, 11) is 0. The van der Waals surface area contributed by atoms with Crippen molar-refractivity contribution in [3.8, 4) is 0 Å². The Kier molecular flexibility index (Phi) is 8.94. The Labute approximate surface area is 233 Å². The molecule has 0 radical (unpaired) electrons. The Balaban J connectivity index is 1.36. The number of rotatable bonds is 5. The smallest absolute Gasteiger partial charge is 0.254 e. The van der Waals surface area contributed by atoms with Crippen molar-refractivity contribution in [2.45, 2.75) is 38.5 Å². The molecule has 0 spiro atoms. The van der Waals surface area contributed by atoms with Crippen molar-refractivity contribution in [2.75, 3.05) is 62.6 Å². The van der Waals surface area contributed by atoms with Crippen LogP contribution in [0.15, 0.2) is 36.4 Å². The third-order valence-corrected chi connectivity index (χ3v) is 8.11. The molecule has 2 aromatic rings. The molecule has 1 saturated carbocycles. The molecule has 2 saturated heterocycles. The summed E-state index contributed by atoms with van der Waals surface area (Å²) in [6.07, 6.45) is 5.59. The first kappa shape index (κ1) is 28.0. The second kappa shape index (κ2) is 12.8. The minimum atomic E-state index is -0.784. The van der Waals surface area contributed by atoms with Gasteiger partial charge < -0.3 is 25.3 Å². The molecule has 0 bridgehead atoms. The van der Waals surface area contributed by atoms with Gasteiger partial charge in [-0.15, -0.1) is 0 Å². The van der Waals surface area contributed by atoms with Gasteiger partial charge in [-0.05, 0) is 49.6 Å². The van der Waals surface area contributed by atoms with E-state index in [4.69, 9.17) is 0 Å². The molecule has 0 aromatic heterocycles. The SMILES string of the molecule is O=C(Nc1cc(C(=O)N2CCNCC2)ccc1N1CCCN(C(=O)c2cc(F)cc(F)c2)CC1)C1CCCCC1. The van der Waals surface area contributed by atoms with Gasteiger partial charge in [0.1, 0.15) is 11.6 Å². The maximum absolute atomic E-state index is 13.7. The third kappa shape index (κ3) is 6.60. The van der Waals surface area contributed by atoms with Crippen LogP contribution < -0.4 is 15.5 Å². The molecule has 0 unspecified atom stereocenters. The molecule has 40 heavy (non-hydrogen) atoms. The summed E-state index contributed by atoms with van der Waals surface area (Å²) in [5.41, 5.74) is 1.92. The number of hydrogen-bond donors (Lipinski definition) is 2. The lowest BCUT2D eigenvalue weighted by Gasteiger charge is -2.29. The van der Waals surface area contributed by atoms with Gasteiger partial charge in [0.05, 0.1) is 11.4 Å². The highest BCUT2D eigenvalue weighted by atomic mass is 19.1. The van der Waals surface area contributed by atoms with E-state index in [1.165, 1.54) is 0 Å². The number of carbonyl (C=O) groups excluding carboxylic acids is 3. The van der Waals surface area contributed by atoms with Crippen LogP contribution in [0.1, 0.15) is 59.2 Å². The zero-order valence-corrected chi connectivity index (χ0v) is 22.8. The minimum absolute atomic E-state index is 0.0119. The van der Waals surface area contributed by atoms with Crippen LogP contribution in [0.5, 0.6) is 0 Å². The number of carbonyl (C=O) groups is 3. The van der Waals surface area contributed by atoms with Crippen LogP contribution in [-0.4, -0.2) is 79.9 Å². The van der Waals surface area contributed by atoms with Gasteiger partial charge in [-0.2, -0.15) is 0 Å². The Bertz CT molecular complexity index is 1220. The lowest BCUT2D eigenvalue weighted by molar-refractivity contribution is -0.120. The van der Waals surface area contributed by atoms with E-state index in [0.717, 1.165) is 69.1 Å². The quantitative estimate of drug-likeness (QED) is 0.587. The first-order valence-corrected chi connectivity index (χ1v) is 14.3. The van der Waals surface area contributed by atoms with Gasteiger partial charge in [-0.25, -0.2) is 8.78 Å². The normalized spacial score (nSPS) is 18.8. The average Bonchev–Trinajstić information content (AvgIpc) is 3.23. The van der Waals surface area contributed by atoms with Crippen LogP contribution in [0.25, 0.3) is 0 Å². The predicted molar refractivity (Wildman–Crippen MR) is 150 cm³/mol. The van der Waals surface area contributed by atoms with Crippen molar-refractivity contribution in [3.05, 3.63) is 59.2 Å². The van der Waals surface area contributed by atoms with Crippen LogP contribution in [0.4, 0.5) is 20.2 Å². The van der Waals surface area contributed by atoms with Crippen LogP contribution in [0.3, 0.4) is 0 Å². The zero-order chi connectivity index (χ0) is 28.1. The van der Waals surface area contributed by atoms with E-state index in [1.807, 2.05) is 11.0 Å². The van der Waals surface area contributed by atoms with E-state index < -0.39 is 17.5 Å². The van der Waals surface area contributed by atoms with Gasteiger partial charge in [0.15, 0.2) is 0 Å². The molecule has 0 atom stereocenters. The Morgan fingerprint density at radius 3 is 2.12 bits per heavy atom. The maximum atomic E-state index is 13.7. The van der Waals surface area contributed by atoms with Gasteiger partial charge in [-0.3, -0.25) is 14.4 Å². The standard InChI is InChI=1S/C30H37F2N5O3/c31-24-17-23(18-25(32)20-24)30(40)36-12-4-11-35(15-16-36)27-8-7-22(29(39)37-13-9-33-10-14-37)19-26(27)34-28(38)21-5-2-1-3-6-21/h7-8,17-21,33H,1-6,9-16H2,(H,34,38). The number of halogens is 2. The van der Waals surface area contributed by atoms with Crippen molar-refractivity contribution in [1.82, 2.24) is 15.1 Å². The number of nitrogens with zero attached hydrogens (tertiary/aromatic N) is 3. The lowest BCUT2D eigenvalue weighted by atomic mass is 9.88. The van der Waals surface area contributed by atoms with Gasteiger partial charge in [0.2, 0.25) is 5.91 Å². The topological polar surface area (TPSA) is 85.0 Å². The van der Waals surface area contributed by atoms with E-state index in [-0.39, 0.29) is 23.3 Å². The average molecular weight is 554 g/mol. The highest BCUT2D eigenvalue weighted by Gasteiger charge is 2.27. The van der Waals surface area contributed by atoms with E-state index in [1.54, 1.807) is 17.0 Å². The molecular formula is C30H37F2N5O3. The van der Waals surface area contributed by atoms with Crippen molar-refractivity contribution >= 4 is 29.1 Å². The van der Waals surface area contributed by atoms with Crippen molar-refractivity contribution in [2.24, 2.45) is 5.92 Å². The molecule has 3 fully saturated rings. The van der Waals surface area contributed by atoms with Crippen LogP contribution in [-0.2, 0) is 4.79 Å². The fourth-order valence-corrected chi connectivity index (χ4v) is 5.92. The highest BCUT2D eigenvalue weighted by molar-refractivity contribution is 6.00. The summed E-state index contributed by atoms with van der Waals surface area (Å²) in [5.74, 6) is -2.10. The van der Waals surface area contributed by atoms with E-state index in [2.05, 4.69) is 15.5 Å². The summed E-state index contributed by atoms with van der Waals surface area (Å²) >= 11 is 0. The van der Waals surface area contributed by atoms with Crippen LogP contribution in [0, 0.1) is 17.6 Å². The molecule has 3 amide bonds. The number of piperazine rings is 1. The fourth-order valence-electron chi connectivity index (χ4n) is 5.92. The molecule has 8 nitrogen and oxygen atoms in total. The van der Waals surface area contributed by atoms with Crippen molar-refractivity contribution < 1.29 is 23.2 Å². The van der Waals surface area contributed by atoms with E-state index in [0.29, 0.717) is 56.9 Å². The largest absolute Gasteiger partial charge is 0.368 e. The maximum Gasteiger partial charge on any atom is 0.254 e. The third-order valence-electron chi connectivity index (χ3n) is 8.11. The number of anilines is 2. The van der Waals surface area contributed by atoms with Crippen molar-refractivity contribution in [1.29, 1.82) is 0 Å². The number of nitrogens with one attached hydrogen (secondary N) is 2. The molecule has 2 aliphatic heterocycles. The lowest BCUT2D eigenvalue weighted by Crippen LogP contribution is -2.46. The molecule has 2 heterocycles. The summed E-state index contributed by atoms with van der Waals surface area (Å²) in [5, 5.41) is 6.40. The molecule has 5 rings (SSSR count). The molecule has 10 heteroatoms. The van der Waals surface area contributed by atoms with Gasteiger partial charge in [0, 0.05) is 75.5 Å². The Morgan fingerprint density at radius 1 is 0.725 bits per heavy atom. The van der Waals surface area contributed by atoms with E-state index in [9.17, 15) is 23.2 Å². The monoisotopic (exact) mass is 553 g/mol. The van der Waals surface area contributed by atoms with Gasteiger partial charge in [-0.1, -0.05) is 19.3 Å². The van der Waals surface area contributed by atoms with E-state index >= 15 is 0 Å². The molecule has 3 aliphatic rings. The molecule has 2 aromatic carbocycles. The fraction of sp³-hybridized carbons (Fsp3) is 0.500. The first-order valence-electron chi connectivity index (χ1n) is 14.3. The summed E-state index contributed by atoms with van der Waals surface area (Å²) in [4.78, 5) is 45.1. The van der Waals surface area contributed by atoms with Gasteiger partial charge >= 0.3 is 0 Å². The second-order valence-corrected chi connectivity index (χ2v) is 10.9.